The Bertz CT molecular complexity index is 425. The van der Waals surface area contributed by atoms with E-state index in [1.807, 2.05) is 0 Å². The number of ether oxygens (including phenoxy) is 2. The number of halogens is 1. The van der Waals surface area contributed by atoms with Crippen LogP contribution < -0.4 is 9.47 Å². The van der Waals surface area contributed by atoms with Gasteiger partial charge in [0, 0.05) is 5.56 Å². The van der Waals surface area contributed by atoms with Crippen molar-refractivity contribution in [3.8, 4) is 11.5 Å². The fraction of sp³-hybridized carbons (Fsp3) is 0.538. The van der Waals surface area contributed by atoms with E-state index in [-0.39, 0.29) is 0 Å². The Morgan fingerprint density at radius 3 is 2.35 bits per heavy atom. The number of hydrogen-bond acceptors (Lipinski definition) is 3. The third-order valence-electron chi connectivity index (χ3n) is 3.19. The molecule has 0 aromatic heterocycles. The zero-order valence-electron chi connectivity index (χ0n) is 10.3. The summed E-state index contributed by atoms with van der Waals surface area (Å²) in [5.41, 5.74) is 0.251. The third-order valence-corrected chi connectivity index (χ3v) is 3.19. The number of methoxy groups -OCH3 is 2. The van der Waals surface area contributed by atoms with E-state index < -0.39 is 11.8 Å². The molecule has 0 aliphatic heterocycles. The Kier molecular flexibility index (Phi) is 3.00. The highest BCUT2D eigenvalue weighted by Crippen LogP contribution is 2.52. The minimum atomic E-state index is -1.10. The van der Waals surface area contributed by atoms with Gasteiger partial charge in [0.15, 0.2) is 11.5 Å². The molecule has 1 aromatic carbocycles. The van der Waals surface area contributed by atoms with Crippen LogP contribution in [0.15, 0.2) is 12.1 Å². The number of alkyl halides is 1. The molecule has 1 saturated carbocycles. The molecule has 1 fully saturated rings. The molecule has 0 heterocycles. The maximum Gasteiger partial charge on any atom is 0.166 e. The zero-order valence-corrected chi connectivity index (χ0v) is 10.3. The summed E-state index contributed by atoms with van der Waals surface area (Å²) < 4.78 is 23.8. The first-order valence-corrected chi connectivity index (χ1v) is 5.64. The predicted octanol–water partition coefficient (Wildman–Crippen LogP) is 2.72. The normalized spacial score (nSPS) is 18.6. The standard InChI is InChI=1S/C13H17FO3/c1-8(14)9-6-10(13(15)4-5-13)12(17-3)11(7-9)16-2/h6-8,15H,4-5H2,1-3H3. The zero-order chi connectivity index (χ0) is 12.6. The summed E-state index contributed by atoms with van der Waals surface area (Å²) in [5.74, 6) is 0.960. The quantitative estimate of drug-likeness (QED) is 0.879. The Morgan fingerprint density at radius 1 is 1.29 bits per heavy atom. The molecule has 0 bridgehead atoms. The smallest absolute Gasteiger partial charge is 0.166 e. The SMILES string of the molecule is COc1cc(C(C)F)cc(C2(O)CC2)c1OC. The Labute approximate surface area is 100 Å². The van der Waals surface area contributed by atoms with Gasteiger partial charge in [0.25, 0.3) is 0 Å². The molecular weight excluding hydrogens is 223 g/mol. The first-order valence-electron chi connectivity index (χ1n) is 5.64. The highest BCUT2D eigenvalue weighted by atomic mass is 19.1. The van der Waals surface area contributed by atoms with Gasteiger partial charge in [0.05, 0.1) is 19.8 Å². The summed E-state index contributed by atoms with van der Waals surface area (Å²) >= 11 is 0. The number of hydrogen-bond donors (Lipinski definition) is 1. The molecule has 17 heavy (non-hydrogen) atoms. The Hall–Kier alpha value is -1.29. The topological polar surface area (TPSA) is 38.7 Å². The first-order chi connectivity index (χ1) is 8.01. The highest BCUT2D eigenvalue weighted by molar-refractivity contribution is 5.53. The van der Waals surface area contributed by atoms with Gasteiger partial charge >= 0.3 is 0 Å². The maximum atomic E-state index is 13.4. The third kappa shape index (κ3) is 2.09. The van der Waals surface area contributed by atoms with Crippen LogP contribution in [0.4, 0.5) is 4.39 Å². The van der Waals surface area contributed by atoms with Crippen molar-refractivity contribution in [2.45, 2.75) is 31.5 Å². The molecule has 0 spiro atoms. The van der Waals surface area contributed by atoms with Crippen molar-refractivity contribution in [3.63, 3.8) is 0 Å². The van der Waals surface area contributed by atoms with Gasteiger partial charge in [-0.15, -0.1) is 0 Å². The van der Waals surface area contributed by atoms with Crippen molar-refractivity contribution in [1.82, 2.24) is 0 Å². The molecule has 1 aliphatic carbocycles. The second-order valence-electron chi connectivity index (χ2n) is 4.45. The van der Waals surface area contributed by atoms with E-state index in [0.29, 0.717) is 35.5 Å². The highest BCUT2D eigenvalue weighted by Gasteiger charge is 2.45. The van der Waals surface area contributed by atoms with Gasteiger partial charge in [-0.25, -0.2) is 4.39 Å². The largest absolute Gasteiger partial charge is 0.493 e. The molecule has 4 heteroatoms. The number of rotatable bonds is 4. The van der Waals surface area contributed by atoms with Crippen LogP contribution in [0.3, 0.4) is 0 Å². The average molecular weight is 240 g/mol. The molecule has 1 aromatic rings. The monoisotopic (exact) mass is 240 g/mol. The molecular formula is C13H17FO3. The van der Waals surface area contributed by atoms with E-state index in [1.54, 1.807) is 12.1 Å². The van der Waals surface area contributed by atoms with Gasteiger partial charge in [0.2, 0.25) is 0 Å². The van der Waals surface area contributed by atoms with Crippen LogP contribution >= 0.6 is 0 Å². The van der Waals surface area contributed by atoms with E-state index >= 15 is 0 Å². The van der Waals surface area contributed by atoms with Crippen molar-refractivity contribution in [3.05, 3.63) is 23.3 Å². The molecule has 0 radical (unpaired) electrons. The van der Waals surface area contributed by atoms with E-state index in [4.69, 9.17) is 9.47 Å². The van der Waals surface area contributed by atoms with Gasteiger partial charge in [0.1, 0.15) is 6.17 Å². The summed E-state index contributed by atoms with van der Waals surface area (Å²) in [6.45, 7) is 1.46. The predicted molar refractivity (Wildman–Crippen MR) is 62.2 cm³/mol. The van der Waals surface area contributed by atoms with Crippen LogP contribution in [-0.2, 0) is 5.60 Å². The Balaban J connectivity index is 2.57. The molecule has 2 rings (SSSR count). The van der Waals surface area contributed by atoms with Crippen molar-refractivity contribution >= 4 is 0 Å². The maximum absolute atomic E-state index is 13.4. The second kappa shape index (κ2) is 4.18. The van der Waals surface area contributed by atoms with Crippen molar-refractivity contribution in [1.29, 1.82) is 0 Å². The molecule has 0 saturated heterocycles. The average Bonchev–Trinajstić information content (AvgIpc) is 3.06. The fourth-order valence-corrected chi connectivity index (χ4v) is 1.95. The summed E-state index contributed by atoms with van der Waals surface area (Å²) in [6, 6.07) is 3.28. The molecule has 0 amide bonds. The van der Waals surface area contributed by atoms with Gasteiger partial charge in [-0.2, -0.15) is 0 Å². The van der Waals surface area contributed by atoms with Crippen LogP contribution in [-0.4, -0.2) is 19.3 Å². The van der Waals surface area contributed by atoms with Crippen LogP contribution in [0.2, 0.25) is 0 Å². The van der Waals surface area contributed by atoms with E-state index in [0.717, 1.165) is 0 Å². The van der Waals surface area contributed by atoms with Crippen molar-refractivity contribution < 1.29 is 19.0 Å². The van der Waals surface area contributed by atoms with E-state index in [9.17, 15) is 9.50 Å². The fourth-order valence-electron chi connectivity index (χ4n) is 1.95. The Morgan fingerprint density at radius 2 is 1.94 bits per heavy atom. The lowest BCUT2D eigenvalue weighted by Gasteiger charge is -2.18. The van der Waals surface area contributed by atoms with Crippen LogP contribution in [0, 0.1) is 0 Å². The summed E-state index contributed by atoms with van der Waals surface area (Å²) in [4.78, 5) is 0. The van der Waals surface area contributed by atoms with E-state index in [2.05, 4.69) is 0 Å². The molecule has 1 N–H and O–H groups in total. The summed E-state index contributed by atoms with van der Waals surface area (Å²) in [5, 5.41) is 10.2. The minimum Gasteiger partial charge on any atom is -0.493 e. The van der Waals surface area contributed by atoms with Gasteiger partial charge in [-0.05, 0) is 37.5 Å². The van der Waals surface area contributed by atoms with Crippen molar-refractivity contribution in [2.75, 3.05) is 14.2 Å². The number of aliphatic hydroxyl groups is 1. The van der Waals surface area contributed by atoms with Crippen LogP contribution in [0.1, 0.15) is 37.1 Å². The van der Waals surface area contributed by atoms with Crippen LogP contribution in [0.5, 0.6) is 11.5 Å². The molecule has 94 valence electrons. The lowest BCUT2D eigenvalue weighted by atomic mass is 10.00. The molecule has 3 nitrogen and oxygen atoms in total. The summed E-state index contributed by atoms with van der Waals surface area (Å²) in [7, 11) is 3.02. The van der Waals surface area contributed by atoms with Crippen LogP contribution in [0.25, 0.3) is 0 Å². The minimum absolute atomic E-state index is 0.463. The lowest BCUT2D eigenvalue weighted by Crippen LogP contribution is -2.09. The lowest BCUT2D eigenvalue weighted by molar-refractivity contribution is 0.146. The second-order valence-corrected chi connectivity index (χ2v) is 4.45. The molecule has 1 aliphatic rings. The van der Waals surface area contributed by atoms with Gasteiger partial charge in [-0.3, -0.25) is 0 Å². The van der Waals surface area contributed by atoms with E-state index in [1.165, 1.54) is 21.1 Å². The summed E-state index contributed by atoms with van der Waals surface area (Å²) in [6.07, 6.45) is 0.253. The molecule has 1 atom stereocenters. The van der Waals surface area contributed by atoms with Crippen molar-refractivity contribution in [2.24, 2.45) is 0 Å². The first kappa shape index (κ1) is 12.2. The molecule has 1 unspecified atom stereocenters. The van der Waals surface area contributed by atoms with Gasteiger partial charge < -0.3 is 14.6 Å². The van der Waals surface area contributed by atoms with Gasteiger partial charge in [-0.1, -0.05) is 0 Å². The number of benzene rings is 1.